The first-order valence-corrected chi connectivity index (χ1v) is 9.00. The Morgan fingerprint density at radius 1 is 1.12 bits per heavy atom. The van der Waals surface area contributed by atoms with Crippen molar-refractivity contribution in [3.63, 3.8) is 0 Å². The first kappa shape index (κ1) is 16.6. The van der Waals surface area contributed by atoms with Crippen molar-refractivity contribution in [3.05, 3.63) is 65.3 Å². The van der Waals surface area contributed by atoms with Crippen LogP contribution in [0.5, 0.6) is 0 Å². The molecule has 1 aromatic carbocycles. The molecule has 0 aliphatic rings. The van der Waals surface area contributed by atoms with Crippen LogP contribution in [0.4, 0.5) is 0 Å². The van der Waals surface area contributed by atoms with Gasteiger partial charge in [0.15, 0.2) is 0 Å². The Morgan fingerprint density at radius 3 is 2.71 bits per heavy atom. The number of nitrogens with zero attached hydrogens (tertiary/aromatic N) is 3. The maximum Gasteiger partial charge on any atom is 0.249 e. The molecule has 1 N–H and O–H groups in total. The third-order valence-electron chi connectivity index (χ3n) is 3.12. The van der Waals surface area contributed by atoms with Crippen LogP contribution in [0.2, 0.25) is 5.02 Å². The molecular weight excluding hydrogens is 352 g/mol. The minimum absolute atomic E-state index is 0.0972. The van der Waals surface area contributed by atoms with E-state index in [2.05, 4.69) is 19.9 Å². The van der Waals surface area contributed by atoms with Crippen LogP contribution in [-0.4, -0.2) is 23.6 Å². The van der Waals surface area contributed by atoms with Crippen molar-refractivity contribution in [2.75, 3.05) is 0 Å². The van der Waals surface area contributed by atoms with Crippen LogP contribution in [0.25, 0.3) is 11.5 Å². The van der Waals surface area contributed by atoms with Gasteiger partial charge in [-0.3, -0.25) is 4.98 Å². The van der Waals surface area contributed by atoms with Gasteiger partial charge in [-0.2, -0.15) is 0 Å². The Kier molecular flexibility index (Phi) is 4.89. The summed E-state index contributed by atoms with van der Waals surface area (Å²) < 4.78 is 32.1. The quantitative estimate of drug-likeness (QED) is 0.721. The highest BCUT2D eigenvalue weighted by Crippen LogP contribution is 2.18. The van der Waals surface area contributed by atoms with Crippen LogP contribution < -0.4 is 4.72 Å². The second kappa shape index (κ2) is 7.08. The average molecular weight is 365 g/mol. The lowest BCUT2D eigenvalue weighted by atomic mass is 10.2. The largest absolute Gasteiger partial charge is 0.419 e. The summed E-state index contributed by atoms with van der Waals surface area (Å²) in [5, 5.41) is 8.10. The molecule has 3 aromatic rings. The zero-order valence-electron chi connectivity index (χ0n) is 12.4. The van der Waals surface area contributed by atoms with Crippen molar-refractivity contribution in [2.24, 2.45) is 0 Å². The Hall–Kier alpha value is -2.29. The van der Waals surface area contributed by atoms with E-state index in [0.29, 0.717) is 16.1 Å². The van der Waals surface area contributed by atoms with Gasteiger partial charge in [0.05, 0.1) is 17.9 Å². The van der Waals surface area contributed by atoms with Crippen LogP contribution in [0.3, 0.4) is 0 Å². The van der Waals surface area contributed by atoms with Crippen LogP contribution in [0.1, 0.15) is 11.5 Å². The summed E-state index contributed by atoms with van der Waals surface area (Å²) >= 11 is 5.98. The molecule has 0 radical (unpaired) electrons. The van der Waals surface area contributed by atoms with Crippen LogP contribution >= 0.6 is 11.6 Å². The smallest absolute Gasteiger partial charge is 0.249 e. The minimum Gasteiger partial charge on any atom is -0.419 e. The summed E-state index contributed by atoms with van der Waals surface area (Å²) in [6.45, 7) is -0.0972. The summed E-state index contributed by atoms with van der Waals surface area (Å²) in [5.41, 5.74) is 1.18. The van der Waals surface area contributed by atoms with E-state index in [1.54, 1.807) is 48.8 Å². The van der Waals surface area contributed by atoms with Gasteiger partial charge in [0.1, 0.15) is 0 Å². The fourth-order valence-corrected chi connectivity index (χ4v) is 3.36. The summed E-state index contributed by atoms with van der Waals surface area (Å²) in [6, 6.07) is 10.3. The maximum atomic E-state index is 12.1. The van der Waals surface area contributed by atoms with E-state index in [9.17, 15) is 8.42 Å². The summed E-state index contributed by atoms with van der Waals surface area (Å²) in [7, 11) is -3.59. The van der Waals surface area contributed by atoms with Gasteiger partial charge in [-0.1, -0.05) is 29.8 Å². The van der Waals surface area contributed by atoms with Crippen molar-refractivity contribution >= 4 is 21.6 Å². The second-order valence-electron chi connectivity index (χ2n) is 4.91. The van der Waals surface area contributed by atoms with E-state index in [1.165, 1.54) is 0 Å². The molecule has 9 heteroatoms. The van der Waals surface area contributed by atoms with Crippen molar-refractivity contribution < 1.29 is 12.8 Å². The maximum absolute atomic E-state index is 12.1. The predicted molar refractivity (Wildman–Crippen MR) is 88.4 cm³/mol. The standard InChI is InChI=1S/C15H13ClN4O3S/c16-13-6-2-1-4-12(13)10-24(21,22)18-9-14-19-20-15(23-14)11-5-3-7-17-8-11/h1-8,18H,9-10H2. The number of benzene rings is 1. The third-order valence-corrected chi connectivity index (χ3v) is 4.77. The van der Waals surface area contributed by atoms with Crippen LogP contribution in [-0.2, 0) is 22.3 Å². The molecule has 0 saturated heterocycles. The molecule has 0 fully saturated rings. The van der Waals surface area contributed by atoms with Gasteiger partial charge in [0.2, 0.25) is 21.8 Å². The van der Waals surface area contributed by atoms with E-state index >= 15 is 0 Å². The number of halogens is 1. The fraction of sp³-hybridized carbons (Fsp3) is 0.133. The van der Waals surface area contributed by atoms with Crippen molar-refractivity contribution in [1.82, 2.24) is 19.9 Å². The van der Waals surface area contributed by atoms with E-state index in [1.807, 2.05) is 0 Å². The molecule has 7 nitrogen and oxygen atoms in total. The van der Waals surface area contributed by atoms with Gasteiger partial charge in [-0.25, -0.2) is 13.1 Å². The zero-order valence-corrected chi connectivity index (χ0v) is 14.0. The van der Waals surface area contributed by atoms with Crippen LogP contribution in [0.15, 0.2) is 53.2 Å². The van der Waals surface area contributed by atoms with Gasteiger partial charge >= 0.3 is 0 Å². The first-order valence-electron chi connectivity index (χ1n) is 6.97. The summed E-state index contributed by atoms with van der Waals surface area (Å²) in [5.74, 6) is 0.219. The third kappa shape index (κ3) is 4.16. The molecule has 2 aromatic heterocycles. The fourth-order valence-electron chi connectivity index (χ4n) is 1.97. The Labute approximate surface area is 143 Å². The molecular formula is C15H13ClN4O3S. The van der Waals surface area contributed by atoms with Gasteiger partial charge in [0.25, 0.3) is 0 Å². The van der Waals surface area contributed by atoms with Gasteiger partial charge in [0, 0.05) is 17.4 Å². The van der Waals surface area contributed by atoms with Crippen molar-refractivity contribution in [3.8, 4) is 11.5 Å². The normalized spacial score (nSPS) is 11.5. The number of rotatable bonds is 6. The Bertz CT molecular complexity index is 929. The van der Waals surface area contributed by atoms with Crippen molar-refractivity contribution in [1.29, 1.82) is 0 Å². The number of pyridine rings is 1. The molecule has 0 saturated carbocycles. The van der Waals surface area contributed by atoms with E-state index in [4.69, 9.17) is 16.0 Å². The molecule has 124 valence electrons. The lowest BCUT2D eigenvalue weighted by Gasteiger charge is -2.06. The average Bonchev–Trinajstić information content (AvgIpc) is 3.05. The number of nitrogens with one attached hydrogen (secondary N) is 1. The molecule has 24 heavy (non-hydrogen) atoms. The predicted octanol–water partition coefficient (Wildman–Crippen LogP) is 2.40. The topological polar surface area (TPSA) is 98.0 Å². The number of hydrogen-bond donors (Lipinski definition) is 1. The monoisotopic (exact) mass is 364 g/mol. The molecule has 0 bridgehead atoms. The number of hydrogen-bond acceptors (Lipinski definition) is 6. The lowest BCUT2D eigenvalue weighted by molar-refractivity contribution is 0.494. The molecule has 0 amide bonds. The van der Waals surface area contributed by atoms with Gasteiger partial charge in [-0.15, -0.1) is 10.2 Å². The van der Waals surface area contributed by atoms with E-state index in [0.717, 1.165) is 0 Å². The molecule has 0 spiro atoms. The molecule has 0 unspecified atom stereocenters. The van der Waals surface area contributed by atoms with E-state index < -0.39 is 10.0 Å². The highest BCUT2D eigenvalue weighted by molar-refractivity contribution is 7.88. The van der Waals surface area contributed by atoms with Gasteiger partial charge in [-0.05, 0) is 23.8 Å². The van der Waals surface area contributed by atoms with Crippen LogP contribution in [0, 0.1) is 0 Å². The number of sulfonamides is 1. The summed E-state index contributed by atoms with van der Waals surface area (Å²) in [6.07, 6.45) is 3.21. The zero-order chi connectivity index (χ0) is 17.0. The SMILES string of the molecule is O=S(=O)(Cc1ccccc1Cl)NCc1nnc(-c2cccnc2)o1. The second-order valence-corrected chi connectivity index (χ2v) is 7.13. The molecule has 2 heterocycles. The number of aromatic nitrogens is 3. The molecule has 0 aliphatic heterocycles. The molecule has 0 aliphatic carbocycles. The Balaban J connectivity index is 1.65. The Morgan fingerprint density at radius 2 is 1.96 bits per heavy atom. The highest BCUT2D eigenvalue weighted by Gasteiger charge is 2.16. The van der Waals surface area contributed by atoms with Gasteiger partial charge < -0.3 is 4.42 Å². The molecule has 3 rings (SSSR count). The first-order chi connectivity index (χ1) is 11.5. The summed E-state index contributed by atoms with van der Waals surface area (Å²) in [4.78, 5) is 3.96. The minimum atomic E-state index is -3.59. The highest BCUT2D eigenvalue weighted by atomic mass is 35.5. The lowest BCUT2D eigenvalue weighted by Crippen LogP contribution is -2.25. The molecule has 0 atom stereocenters. The van der Waals surface area contributed by atoms with E-state index in [-0.39, 0.29) is 24.1 Å². The van der Waals surface area contributed by atoms with Crippen molar-refractivity contribution in [2.45, 2.75) is 12.3 Å².